The Bertz CT molecular complexity index is 463. The van der Waals surface area contributed by atoms with Crippen LogP contribution < -0.4 is 10.1 Å². The van der Waals surface area contributed by atoms with Gasteiger partial charge in [-0.2, -0.15) is 0 Å². The van der Waals surface area contributed by atoms with Gasteiger partial charge in [0.1, 0.15) is 11.6 Å². The summed E-state index contributed by atoms with van der Waals surface area (Å²) in [6.07, 6.45) is 8.58. The average Bonchev–Trinajstić information content (AvgIpc) is 2.89. The van der Waals surface area contributed by atoms with Gasteiger partial charge >= 0.3 is 0 Å². The molecule has 1 heterocycles. The van der Waals surface area contributed by atoms with Crippen LogP contribution in [0.4, 0.5) is 0 Å². The first-order valence-corrected chi connectivity index (χ1v) is 6.80. The van der Waals surface area contributed by atoms with E-state index < -0.39 is 0 Å². The summed E-state index contributed by atoms with van der Waals surface area (Å²) in [5, 5.41) is 3.31. The van der Waals surface area contributed by atoms with Crippen molar-refractivity contribution in [1.82, 2.24) is 10.3 Å². The number of amides is 1. The molecule has 1 N–H and O–H groups in total. The van der Waals surface area contributed by atoms with Gasteiger partial charge < -0.3 is 10.1 Å². The van der Waals surface area contributed by atoms with Crippen LogP contribution in [0.1, 0.15) is 19.3 Å². The summed E-state index contributed by atoms with van der Waals surface area (Å²) in [6, 6.07) is 3.46. The summed E-state index contributed by atoms with van der Waals surface area (Å²) < 4.78 is 5.39. The zero-order valence-corrected chi connectivity index (χ0v) is 11.4. The molecule has 0 unspecified atom stereocenters. The van der Waals surface area contributed by atoms with Crippen LogP contribution in [0.5, 0.6) is 5.88 Å². The molecule has 0 saturated heterocycles. The van der Waals surface area contributed by atoms with Crippen LogP contribution in [0.25, 0.3) is 0 Å². The largest absolute Gasteiger partial charge is 0.475 e. The maximum atomic E-state index is 11.6. The van der Waals surface area contributed by atoms with Gasteiger partial charge in [0.2, 0.25) is 11.8 Å². The van der Waals surface area contributed by atoms with Crippen molar-refractivity contribution < 1.29 is 9.53 Å². The smallest absolute Gasteiger partial charge is 0.232 e. The number of nitrogens with zero attached hydrogens (tertiary/aromatic N) is 1. The van der Waals surface area contributed by atoms with Gasteiger partial charge in [-0.15, -0.1) is 0 Å². The molecule has 0 aromatic carbocycles. The van der Waals surface area contributed by atoms with Crippen molar-refractivity contribution in [3.63, 3.8) is 0 Å². The summed E-state index contributed by atoms with van der Waals surface area (Å²) in [5.41, 5.74) is 0. The van der Waals surface area contributed by atoms with E-state index in [1.165, 1.54) is 0 Å². The molecule has 102 valence electrons. The molecule has 1 aliphatic rings. The van der Waals surface area contributed by atoms with E-state index in [9.17, 15) is 4.79 Å². The molecular weight excluding hydrogens is 264 g/mol. The van der Waals surface area contributed by atoms with E-state index in [1.807, 2.05) is 0 Å². The molecule has 19 heavy (non-hydrogen) atoms. The predicted octanol–water partition coefficient (Wildman–Crippen LogP) is 2.59. The zero-order valence-electron chi connectivity index (χ0n) is 10.6. The molecule has 0 saturated carbocycles. The van der Waals surface area contributed by atoms with Gasteiger partial charge in [-0.1, -0.05) is 23.8 Å². The minimum atomic E-state index is 0.0623. The Morgan fingerprint density at radius 3 is 3.21 bits per heavy atom. The Labute approximate surface area is 117 Å². The highest BCUT2D eigenvalue weighted by Crippen LogP contribution is 2.20. The van der Waals surface area contributed by atoms with Crippen molar-refractivity contribution in [3.05, 3.63) is 35.5 Å². The minimum Gasteiger partial charge on any atom is -0.475 e. The van der Waals surface area contributed by atoms with Gasteiger partial charge in [0, 0.05) is 12.6 Å². The molecule has 1 aromatic heterocycles. The van der Waals surface area contributed by atoms with Crippen LogP contribution >= 0.6 is 11.6 Å². The second-order valence-electron chi connectivity index (χ2n) is 4.46. The van der Waals surface area contributed by atoms with Crippen LogP contribution in [0.2, 0.25) is 5.02 Å². The van der Waals surface area contributed by atoms with Gasteiger partial charge in [0.25, 0.3) is 0 Å². The lowest BCUT2D eigenvalue weighted by Gasteiger charge is -2.09. The van der Waals surface area contributed by atoms with Gasteiger partial charge in [0.05, 0.1) is 6.54 Å². The first-order valence-electron chi connectivity index (χ1n) is 6.42. The molecule has 0 bridgehead atoms. The van der Waals surface area contributed by atoms with Gasteiger partial charge in [0.15, 0.2) is 0 Å². The van der Waals surface area contributed by atoms with E-state index in [0.717, 1.165) is 12.8 Å². The molecule has 5 heteroatoms. The number of rotatable bonds is 6. The number of halogens is 1. The fourth-order valence-corrected chi connectivity index (χ4v) is 2.17. The lowest BCUT2D eigenvalue weighted by atomic mass is 10.1. The highest BCUT2D eigenvalue weighted by Gasteiger charge is 2.13. The fraction of sp³-hybridized carbons (Fsp3) is 0.429. The predicted molar refractivity (Wildman–Crippen MR) is 74.2 cm³/mol. The lowest BCUT2D eigenvalue weighted by Crippen LogP contribution is -2.29. The van der Waals surface area contributed by atoms with Gasteiger partial charge in [-0.3, -0.25) is 4.79 Å². The third-order valence-electron chi connectivity index (χ3n) is 2.95. The van der Waals surface area contributed by atoms with E-state index in [1.54, 1.807) is 18.3 Å². The minimum absolute atomic E-state index is 0.0623. The number of carbonyl (C=O) groups is 1. The van der Waals surface area contributed by atoms with E-state index >= 15 is 0 Å². The second-order valence-corrected chi connectivity index (χ2v) is 4.87. The SMILES string of the molecule is O=C(C[C@H]1C=CCC1)NCCOc1ncccc1Cl. The van der Waals surface area contributed by atoms with Crippen LogP contribution in [-0.4, -0.2) is 24.0 Å². The summed E-state index contributed by atoms with van der Waals surface area (Å²) >= 11 is 5.90. The number of pyridine rings is 1. The highest BCUT2D eigenvalue weighted by molar-refractivity contribution is 6.31. The summed E-state index contributed by atoms with van der Waals surface area (Å²) in [4.78, 5) is 15.6. The fourth-order valence-electron chi connectivity index (χ4n) is 1.99. The number of hydrogen-bond acceptors (Lipinski definition) is 3. The van der Waals surface area contributed by atoms with E-state index in [-0.39, 0.29) is 5.91 Å². The quantitative estimate of drug-likeness (QED) is 0.644. The number of aromatic nitrogens is 1. The van der Waals surface area contributed by atoms with Crippen molar-refractivity contribution in [2.24, 2.45) is 5.92 Å². The number of carbonyl (C=O) groups excluding carboxylic acids is 1. The van der Waals surface area contributed by atoms with E-state index in [4.69, 9.17) is 16.3 Å². The van der Waals surface area contributed by atoms with Crippen molar-refractivity contribution in [2.75, 3.05) is 13.2 Å². The van der Waals surface area contributed by atoms with Crippen LogP contribution in [0.15, 0.2) is 30.5 Å². The second kappa shape index (κ2) is 7.14. The zero-order chi connectivity index (χ0) is 13.5. The third kappa shape index (κ3) is 4.56. The maximum absolute atomic E-state index is 11.6. The Morgan fingerprint density at radius 2 is 2.47 bits per heavy atom. The molecule has 1 amide bonds. The Morgan fingerprint density at radius 1 is 1.58 bits per heavy atom. The number of nitrogens with one attached hydrogen (secondary N) is 1. The molecule has 0 radical (unpaired) electrons. The normalized spacial score (nSPS) is 17.4. The van der Waals surface area contributed by atoms with Crippen molar-refractivity contribution in [2.45, 2.75) is 19.3 Å². The molecule has 2 rings (SSSR count). The Balaban J connectivity index is 1.62. The molecule has 1 aromatic rings. The Hall–Kier alpha value is -1.55. The molecule has 4 nitrogen and oxygen atoms in total. The molecular formula is C14H17ClN2O2. The number of allylic oxidation sites excluding steroid dienone is 2. The molecule has 0 fully saturated rings. The summed E-state index contributed by atoms with van der Waals surface area (Å²) in [5.74, 6) is 0.857. The van der Waals surface area contributed by atoms with Crippen molar-refractivity contribution in [3.8, 4) is 5.88 Å². The van der Waals surface area contributed by atoms with Crippen molar-refractivity contribution >= 4 is 17.5 Å². The van der Waals surface area contributed by atoms with Crippen molar-refractivity contribution in [1.29, 1.82) is 0 Å². The molecule has 0 aliphatic heterocycles. The highest BCUT2D eigenvalue weighted by atomic mass is 35.5. The van der Waals surface area contributed by atoms with Gasteiger partial charge in [-0.25, -0.2) is 4.98 Å². The molecule has 1 atom stereocenters. The summed E-state index contributed by atoms with van der Waals surface area (Å²) in [6.45, 7) is 0.825. The molecule has 0 spiro atoms. The lowest BCUT2D eigenvalue weighted by molar-refractivity contribution is -0.121. The topological polar surface area (TPSA) is 51.2 Å². The van der Waals surface area contributed by atoms with Crippen LogP contribution in [0.3, 0.4) is 0 Å². The van der Waals surface area contributed by atoms with E-state index in [2.05, 4.69) is 22.5 Å². The van der Waals surface area contributed by atoms with Crippen LogP contribution in [-0.2, 0) is 4.79 Å². The Kier molecular flexibility index (Phi) is 5.21. The standard InChI is InChI=1S/C14H17ClN2O2/c15-12-6-3-7-17-14(12)19-9-8-16-13(18)10-11-4-1-2-5-11/h1,3-4,6-7,11H,2,5,8-10H2,(H,16,18)/t11-/m0/s1. The third-order valence-corrected chi connectivity index (χ3v) is 3.24. The first kappa shape index (κ1) is 13.9. The monoisotopic (exact) mass is 280 g/mol. The summed E-state index contributed by atoms with van der Waals surface area (Å²) in [7, 11) is 0. The van der Waals surface area contributed by atoms with Crippen LogP contribution in [0, 0.1) is 5.92 Å². The average molecular weight is 281 g/mol. The number of hydrogen-bond donors (Lipinski definition) is 1. The first-order chi connectivity index (χ1) is 9.25. The maximum Gasteiger partial charge on any atom is 0.232 e. The number of ether oxygens (including phenoxy) is 1. The van der Waals surface area contributed by atoms with E-state index in [0.29, 0.717) is 36.4 Å². The van der Waals surface area contributed by atoms with Gasteiger partial charge in [-0.05, 0) is 30.9 Å². The molecule has 1 aliphatic carbocycles.